The van der Waals surface area contributed by atoms with E-state index in [0.29, 0.717) is 17.1 Å². The van der Waals surface area contributed by atoms with E-state index in [1.807, 2.05) is 55.5 Å². The van der Waals surface area contributed by atoms with Gasteiger partial charge in [-0.25, -0.2) is 4.39 Å². The van der Waals surface area contributed by atoms with Crippen LogP contribution in [0.2, 0.25) is 5.02 Å². The van der Waals surface area contributed by atoms with Gasteiger partial charge in [0.25, 0.3) is 0 Å². The Labute approximate surface area is 174 Å². The summed E-state index contributed by atoms with van der Waals surface area (Å²) < 4.78 is 20.0. The van der Waals surface area contributed by atoms with E-state index in [1.54, 1.807) is 12.1 Å². The molecule has 0 saturated carbocycles. The van der Waals surface area contributed by atoms with Crippen LogP contribution in [0, 0.1) is 12.7 Å². The molecule has 0 radical (unpaired) electrons. The lowest BCUT2D eigenvalue weighted by atomic mass is 10.0. The summed E-state index contributed by atoms with van der Waals surface area (Å²) in [6, 6.07) is 24.6. The SMILES string of the molecule is Cc1ccc(Cl)cc1NCc1c(OCc2ccccc2F)ccc2ccccc12. The molecule has 0 aliphatic carbocycles. The summed E-state index contributed by atoms with van der Waals surface area (Å²) in [6.07, 6.45) is 0. The van der Waals surface area contributed by atoms with Crippen molar-refractivity contribution in [3.63, 3.8) is 0 Å². The first-order valence-corrected chi connectivity index (χ1v) is 9.86. The fraction of sp³-hybridized carbons (Fsp3) is 0.120. The van der Waals surface area contributed by atoms with Gasteiger partial charge in [-0.05, 0) is 47.5 Å². The first kappa shape index (κ1) is 19.3. The Kier molecular flexibility index (Phi) is 5.68. The maximum Gasteiger partial charge on any atom is 0.129 e. The fourth-order valence-corrected chi connectivity index (χ4v) is 3.54. The topological polar surface area (TPSA) is 21.3 Å². The largest absolute Gasteiger partial charge is 0.488 e. The third-order valence-corrected chi connectivity index (χ3v) is 5.23. The molecule has 4 rings (SSSR count). The van der Waals surface area contributed by atoms with Crippen LogP contribution in [0.5, 0.6) is 5.75 Å². The summed E-state index contributed by atoms with van der Waals surface area (Å²) in [5, 5.41) is 6.39. The van der Waals surface area contributed by atoms with Crippen LogP contribution in [0.15, 0.2) is 78.9 Å². The number of aryl methyl sites for hydroxylation is 1. The number of benzene rings is 4. The lowest BCUT2D eigenvalue weighted by molar-refractivity contribution is 0.297. The van der Waals surface area contributed by atoms with Crippen LogP contribution in [0.1, 0.15) is 16.7 Å². The molecule has 0 saturated heterocycles. The summed E-state index contributed by atoms with van der Waals surface area (Å²) >= 11 is 6.16. The zero-order chi connectivity index (χ0) is 20.2. The first-order chi connectivity index (χ1) is 14.1. The Balaban J connectivity index is 1.65. The molecule has 29 heavy (non-hydrogen) atoms. The Morgan fingerprint density at radius 2 is 1.72 bits per heavy atom. The Hall–Kier alpha value is -3.04. The average molecular weight is 406 g/mol. The zero-order valence-electron chi connectivity index (χ0n) is 16.1. The molecule has 0 bridgehead atoms. The van der Waals surface area contributed by atoms with Crippen LogP contribution >= 0.6 is 11.6 Å². The molecule has 0 heterocycles. The van der Waals surface area contributed by atoms with Crippen LogP contribution in [-0.4, -0.2) is 0 Å². The minimum atomic E-state index is -0.262. The molecule has 0 spiro atoms. The molecule has 1 N–H and O–H groups in total. The number of ether oxygens (including phenoxy) is 1. The Morgan fingerprint density at radius 3 is 2.59 bits per heavy atom. The first-order valence-electron chi connectivity index (χ1n) is 9.48. The molecule has 146 valence electrons. The van der Waals surface area contributed by atoms with E-state index in [-0.39, 0.29) is 12.4 Å². The van der Waals surface area contributed by atoms with E-state index in [2.05, 4.69) is 17.4 Å². The zero-order valence-corrected chi connectivity index (χ0v) is 16.8. The third kappa shape index (κ3) is 4.36. The lowest BCUT2D eigenvalue weighted by Gasteiger charge is -2.17. The van der Waals surface area contributed by atoms with Gasteiger partial charge in [-0.1, -0.05) is 66.2 Å². The van der Waals surface area contributed by atoms with Crippen molar-refractivity contribution >= 4 is 28.1 Å². The van der Waals surface area contributed by atoms with Gasteiger partial charge in [0, 0.05) is 28.4 Å². The maximum absolute atomic E-state index is 14.0. The molecule has 4 aromatic carbocycles. The number of anilines is 1. The predicted molar refractivity (Wildman–Crippen MR) is 118 cm³/mol. The molecule has 0 unspecified atom stereocenters. The van der Waals surface area contributed by atoms with E-state index >= 15 is 0 Å². The molecule has 0 aliphatic heterocycles. The van der Waals surface area contributed by atoms with Crippen LogP contribution in [0.4, 0.5) is 10.1 Å². The normalized spacial score (nSPS) is 10.9. The maximum atomic E-state index is 14.0. The Morgan fingerprint density at radius 1 is 0.931 bits per heavy atom. The molecule has 0 amide bonds. The van der Waals surface area contributed by atoms with Crippen molar-refractivity contribution in [1.29, 1.82) is 0 Å². The van der Waals surface area contributed by atoms with Crippen molar-refractivity contribution in [3.8, 4) is 5.75 Å². The van der Waals surface area contributed by atoms with E-state index in [9.17, 15) is 4.39 Å². The van der Waals surface area contributed by atoms with E-state index in [4.69, 9.17) is 16.3 Å². The van der Waals surface area contributed by atoms with Gasteiger partial charge in [0.1, 0.15) is 18.2 Å². The van der Waals surface area contributed by atoms with Crippen molar-refractivity contribution < 1.29 is 9.13 Å². The highest BCUT2D eigenvalue weighted by atomic mass is 35.5. The molecule has 0 aromatic heterocycles. The Bertz CT molecular complexity index is 1160. The van der Waals surface area contributed by atoms with Crippen LogP contribution in [0.25, 0.3) is 10.8 Å². The molecule has 0 aliphatic rings. The highest BCUT2D eigenvalue weighted by Crippen LogP contribution is 2.30. The van der Waals surface area contributed by atoms with Crippen molar-refractivity contribution in [1.82, 2.24) is 0 Å². The molecule has 0 atom stereocenters. The summed E-state index contributed by atoms with van der Waals surface area (Å²) in [6.45, 7) is 2.78. The number of hydrogen-bond acceptors (Lipinski definition) is 2. The summed E-state index contributed by atoms with van der Waals surface area (Å²) in [4.78, 5) is 0. The standard InChI is InChI=1S/C25H21ClFNO/c1-17-10-12-20(26)14-24(17)28-15-22-21-8-4-2-6-18(21)11-13-25(22)29-16-19-7-3-5-9-23(19)27/h2-14,28H,15-16H2,1H3. The van der Waals surface area contributed by atoms with Gasteiger partial charge >= 0.3 is 0 Å². The monoisotopic (exact) mass is 405 g/mol. The summed E-state index contributed by atoms with van der Waals surface area (Å²) in [5.74, 6) is 0.474. The second-order valence-corrected chi connectivity index (χ2v) is 7.39. The highest BCUT2D eigenvalue weighted by molar-refractivity contribution is 6.30. The second kappa shape index (κ2) is 8.54. The number of fused-ring (bicyclic) bond motifs is 1. The molecule has 2 nitrogen and oxygen atoms in total. The quantitative estimate of drug-likeness (QED) is 0.368. The highest BCUT2D eigenvalue weighted by Gasteiger charge is 2.11. The van der Waals surface area contributed by atoms with E-state index < -0.39 is 0 Å². The van der Waals surface area contributed by atoms with Crippen molar-refractivity contribution in [2.24, 2.45) is 0 Å². The van der Waals surface area contributed by atoms with Crippen LogP contribution in [-0.2, 0) is 13.2 Å². The van der Waals surface area contributed by atoms with E-state index in [0.717, 1.165) is 33.3 Å². The lowest BCUT2D eigenvalue weighted by Crippen LogP contribution is -2.06. The van der Waals surface area contributed by atoms with Crippen LogP contribution in [0.3, 0.4) is 0 Å². The number of halogens is 2. The molecular formula is C25H21ClFNO. The smallest absolute Gasteiger partial charge is 0.129 e. The van der Waals surface area contributed by atoms with Gasteiger partial charge in [-0.2, -0.15) is 0 Å². The van der Waals surface area contributed by atoms with Gasteiger partial charge in [0.15, 0.2) is 0 Å². The number of nitrogens with one attached hydrogen (secondary N) is 1. The number of rotatable bonds is 6. The predicted octanol–water partition coefficient (Wildman–Crippen LogP) is 7.13. The van der Waals surface area contributed by atoms with Crippen molar-refractivity contribution in [2.75, 3.05) is 5.32 Å². The molecular weight excluding hydrogens is 385 g/mol. The fourth-order valence-electron chi connectivity index (χ4n) is 3.37. The van der Waals surface area contributed by atoms with Crippen molar-refractivity contribution in [3.05, 3.63) is 106 Å². The van der Waals surface area contributed by atoms with Gasteiger partial charge < -0.3 is 10.1 Å². The van der Waals surface area contributed by atoms with E-state index in [1.165, 1.54) is 6.07 Å². The van der Waals surface area contributed by atoms with Gasteiger partial charge in [-0.15, -0.1) is 0 Å². The minimum Gasteiger partial charge on any atom is -0.488 e. The third-order valence-electron chi connectivity index (χ3n) is 4.99. The van der Waals surface area contributed by atoms with Gasteiger partial charge in [0.2, 0.25) is 0 Å². The summed E-state index contributed by atoms with van der Waals surface area (Å²) in [5.41, 5.74) is 3.65. The van der Waals surface area contributed by atoms with Crippen molar-refractivity contribution in [2.45, 2.75) is 20.1 Å². The second-order valence-electron chi connectivity index (χ2n) is 6.96. The molecule has 0 fully saturated rings. The summed E-state index contributed by atoms with van der Waals surface area (Å²) in [7, 11) is 0. The number of hydrogen-bond donors (Lipinski definition) is 1. The van der Waals surface area contributed by atoms with Crippen LogP contribution < -0.4 is 10.1 Å². The van der Waals surface area contributed by atoms with Gasteiger partial charge in [0.05, 0.1) is 0 Å². The molecule has 4 heteroatoms. The minimum absolute atomic E-state index is 0.175. The average Bonchev–Trinajstić information content (AvgIpc) is 2.74. The molecule has 4 aromatic rings. The van der Waals surface area contributed by atoms with Gasteiger partial charge in [-0.3, -0.25) is 0 Å².